The molecule has 90 valence electrons. The van der Waals surface area contributed by atoms with E-state index in [1.165, 1.54) is 18.4 Å². The number of rotatable bonds is 4. The molecule has 1 aromatic rings. The van der Waals surface area contributed by atoms with E-state index < -0.39 is 0 Å². The number of pyridine rings is 1. The summed E-state index contributed by atoms with van der Waals surface area (Å²) in [4.78, 5) is 4.16. The van der Waals surface area contributed by atoms with Gasteiger partial charge >= 0.3 is 0 Å². The number of nitrogens with zero attached hydrogens (tertiary/aromatic N) is 1. The van der Waals surface area contributed by atoms with Crippen molar-refractivity contribution in [2.24, 2.45) is 23.7 Å². The lowest BCUT2D eigenvalue weighted by molar-refractivity contribution is 0.456. The minimum atomic E-state index is 0.873. The third-order valence-corrected chi connectivity index (χ3v) is 5.25. The van der Waals surface area contributed by atoms with Gasteiger partial charge in [0.25, 0.3) is 0 Å². The van der Waals surface area contributed by atoms with Crippen LogP contribution in [0, 0.1) is 23.7 Å². The summed E-state index contributed by atoms with van der Waals surface area (Å²) in [7, 11) is 0. The van der Waals surface area contributed by atoms with Gasteiger partial charge in [-0.2, -0.15) is 0 Å². The van der Waals surface area contributed by atoms with Crippen LogP contribution >= 0.6 is 0 Å². The lowest BCUT2D eigenvalue weighted by Gasteiger charge is -2.10. The summed E-state index contributed by atoms with van der Waals surface area (Å²) in [5.41, 5.74) is 1.36. The van der Waals surface area contributed by atoms with Gasteiger partial charge in [-0.3, -0.25) is 4.98 Å². The van der Waals surface area contributed by atoms with Crippen LogP contribution in [0.25, 0.3) is 0 Å². The maximum Gasteiger partial charge on any atom is 0.0300 e. The molecular formula is C15H20N2. The largest absolute Gasteiger partial charge is 0.313 e. The first-order valence-corrected chi connectivity index (χ1v) is 7.06. The molecular weight excluding hydrogens is 208 g/mol. The summed E-state index contributed by atoms with van der Waals surface area (Å²) >= 11 is 0. The Morgan fingerprint density at radius 2 is 2.06 bits per heavy atom. The molecule has 3 aliphatic rings. The van der Waals surface area contributed by atoms with Crippen molar-refractivity contribution in [3.05, 3.63) is 30.1 Å². The fourth-order valence-electron chi connectivity index (χ4n) is 4.53. The molecule has 0 aromatic carbocycles. The second-order valence-corrected chi connectivity index (χ2v) is 6.08. The normalized spacial score (nSPS) is 41.5. The van der Waals surface area contributed by atoms with Gasteiger partial charge in [-0.15, -0.1) is 0 Å². The molecule has 0 spiro atoms. The predicted molar refractivity (Wildman–Crippen MR) is 67.5 cm³/mol. The van der Waals surface area contributed by atoms with Gasteiger partial charge in [0.05, 0.1) is 0 Å². The fourth-order valence-corrected chi connectivity index (χ4v) is 4.53. The van der Waals surface area contributed by atoms with E-state index in [9.17, 15) is 0 Å². The molecule has 2 bridgehead atoms. The molecule has 2 heteroatoms. The average Bonchev–Trinajstić information content (AvgIpc) is 2.78. The van der Waals surface area contributed by atoms with Crippen LogP contribution in [-0.2, 0) is 6.42 Å². The second-order valence-electron chi connectivity index (χ2n) is 6.08. The van der Waals surface area contributed by atoms with Gasteiger partial charge in [0.2, 0.25) is 0 Å². The van der Waals surface area contributed by atoms with Crippen LogP contribution in [0.2, 0.25) is 0 Å². The van der Waals surface area contributed by atoms with Gasteiger partial charge in [-0.1, -0.05) is 6.07 Å². The zero-order chi connectivity index (χ0) is 11.2. The zero-order valence-electron chi connectivity index (χ0n) is 10.2. The summed E-state index contributed by atoms with van der Waals surface area (Å²) in [6.45, 7) is 1.13. The van der Waals surface area contributed by atoms with Crippen LogP contribution in [0.3, 0.4) is 0 Å². The van der Waals surface area contributed by atoms with Crippen molar-refractivity contribution < 1.29 is 0 Å². The van der Waals surface area contributed by atoms with Gasteiger partial charge in [0.1, 0.15) is 0 Å². The molecule has 4 rings (SSSR count). The number of nitrogens with one attached hydrogen (secondary N) is 1. The number of hydrogen-bond acceptors (Lipinski definition) is 2. The van der Waals surface area contributed by atoms with Crippen molar-refractivity contribution in [2.75, 3.05) is 6.54 Å². The topological polar surface area (TPSA) is 24.9 Å². The highest BCUT2D eigenvalue weighted by Gasteiger charge is 2.64. The Kier molecular flexibility index (Phi) is 2.26. The third-order valence-electron chi connectivity index (χ3n) is 5.25. The van der Waals surface area contributed by atoms with Crippen molar-refractivity contribution in [3.63, 3.8) is 0 Å². The summed E-state index contributed by atoms with van der Waals surface area (Å²) in [5, 5.41) is 3.78. The third kappa shape index (κ3) is 1.61. The first-order valence-electron chi connectivity index (χ1n) is 7.06. The zero-order valence-corrected chi connectivity index (χ0v) is 10.2. The number of hydrogen-bond donors (Lipinski definition) is 1. The van der Waals surface area contributed by atoms with Crippen LogP contribution in [0.15, 0.2) is 24.5 Å². The molecule has 3 saturated carbocycles. The standard InChI is InChI=1S/C15H20N2/c1-2-10(9-16-6-1)5-7-17-15-13-11-3-4-12(8-11)14(13)15/h1-2,6,9,11-15,17H,3-5,7-8H2. The molecule has 4 unspecified atom stereocenters. The maximum absolute atomic E-state index is 4.16. The number of aromatic nitrogens is 1. The van der Waals surface area contributed by atoms with E-state index in [2.05, 4.69) is 16.4 Å². The summed E-state index contributed by atoms with van der Waals surface area (Å²) in [5.74, 6) is 4.28. The van der Waals surface area contributed by atoms with Gasteiger partial charge in [0, 0.05) is 18.4 Å². The van der Waals surface area contributed by atoms with Crippen molar-refractivity contribution in [1.82, 2.24) is 10.3 Å². The van der Waals surface area contributed by atoms with E-state index in [0.717, 1.165) is 42.7 Å². The Balaban J connectivity index is 1.28. The molecule has 17 heavy (non-hydrogen) atoms. The Morgan fingerprint density at radius 1 is 1.24 bits per heavy atom. The lowest BCUT2D eigenvalue weighted by Crippen LogP contribution is -2.25. The van der Waals surface area contributed by atoms with Gasteiger partial charge in [-0.05, 0) is 67.5 Å². The minimum absolute atomic E-state index is 0.873. The predicted octanol–water partition coefficient (Wildman–Crippen LogP) is 2.26. The highest BCUT2D eigenvalue weighted by Crippen LogP contribution is 2.65. The Labute approximate surface area is 103 Å². The minimum Gasteiger partial charge on any atom is -0.313 e. The molecule has 0 saturated heterocycles. The van der Waals surface area contributed by atoms with E-state index >= 15 is 0 Å². The smallest absolute Gasteiger partial charge is 0.0300 e. The summed E-state index contributed by atoms with van der Waals surface area (Å²) < 4.78 is 0. The monoisotopic (exact) mass is 228 g/mol. The van der Waals surface area contributed by atoms with Gasteiger partial charge in [0.15, 0.2) is 0 Å². The molecule has 1 aromatic heterocycles. The molecule has 0 aliphatic heterocycles. The summed E-state index contributed by atoms with van der Waals surface area (Å²) in [6, 6.07) is 5.07. The first kappa shape index (κ1) is 10.1. The SMILES string of the molecule is c1cncc(CCNC2C3C4CCC(C4)C23)c1. The summed E-state index contributed by atoms with van der Waals surface area (Å²) in [6.07, 6.45) is 9.55. The first-order chi connectivity index (χ1) is 8.43. The van der Waals surface area contributed by atoms with Gasteiger partial charge < -0.3 is 5.32 Å². The highest BCUT2D eigenvalue weighted by atomic mass is 15.0. The van der Waals surface area contributed by atoms with E-state index in [4.69, 9.17) is 0 Å². The highest BCUT2D eigenvalue weighted by molar-refractivity contribution is 5.17. The molecule has 0 amide bonds. The molecule has 1 heterocycles. The molecule has 3 fully saturated rings. The van der Waals surface area contributed by atoms with E-state index in [-0.39, 0.29) is 0 Å². The van der Waals surface area contributed by atoms with Gasteiger partial charge in [-0.25, -0.2) is 0 Å². The van der Waals surface area contributed by atoms with Crippen molar-refractivity contribution in [2.45, 2.75) is 31.7 Å². The molecule has 2 nitrogen and oxygen atoms in total. The molecule has 0 radical (unpaired) electrons. The fraction of sp³-hybridized carbons (Fsp3) is 0.667. The van der Waals surface area contributed by atoms with E-state index in [0.29, 0.717) is 0 Å². The Bertz CT molecular complexity index is 387. The van der Waals surface area contributed by atoms with Crippen LogP contribution in [0.1, 0.15) is 24.8 Å². The molecule has 3 aliphatic carbocycles. The van der Waals surface area contributed by atoms with Crippen LogP contribution in [0.4, 0.5) is 0 Å². The number of fused-ring (bicyclic) bond motifs is 5. The average molecular weight is 228 g/mol. The Hall–Kier alpha value is -0.890. The molecule has 4 atom stereocenters. The molecule has 1 N–H and O–H groups in total. The lowest BCUT2D eigenvalue weighted by atomic mass is 10.0. The quantitative estimate of drug-likeness (QED) is 0.855. The van der Waals surface area contributed by atoms with E-state index in [1.54, 1.807) is 6.42 Å². The van der Waals surface area contributed by atoms with Crippen molar-refractivity contribution in [1.29, 1.82) is 0 Å². The van der Waals surface area contributed by atoms with Crippen LogP contribution in [-0.4, -0.2) is 17.6 Å². The van der Waals surface area contributed by atoms with Crippen LogP contribution < -0.4 is 5.32 Å². The Morgan fingerprint density at radius 3 is 2.76 bits per heavy atom. The second kappa shape index (κ2) is 3.81. The maximum atomic E-state index is 4.16. The van der Waals surface area contributed by atoms with Crippen LogP contribution in [0.5, 0.6) is 0 Å². The van der Waals surface area contributed by atoms with E-state index in [1.807, 2.05) is 18.5 Å². The van der Waals surface area contributed by atoms with Crippen molar-refractivity contribution in [3.8, 4) is 0 Å². The van der Waals surface area contributed by atoms with Crippen molar-refractivity contribution >= 4 is 0 Å².